The zero-order chi connectivity index (χ0) is 12.1. The standard InChI is InChI=1S/C15H12F2/c16-15(17)11-8-12-6-9-14(10-7-12)13-4-2-1-3-5-13/h1-11,15H. The smallest absolute Gasteiger partial charge is 0.206 e. The summed E-state index contributed by atoms with van der Waals surface area (Å²) in [5, 5.41) is 0. The Morgan fingerprint density at radius 1 is 0.765 bits per heavy atom. The van der Waals surface area contributed by atoms with Gasteiger partial charge < -0.3 is 0 Å². The molecule has 0 aliphatic heterocycles. The second kappa shape index (κ2) is 5.39. The van der Waals surface area contributed by atoms with Crippen LogP contribution in [-0.4, -0.2) is 6.43 Å². The Kier molecular flexibility index (Phi) is 3.66. The predicted octanol–water partition coefficient (Wildman–Crippen LogP) is 4.63. The Balaban J connectivity index is 2.19. The van der Waals surface area contributed by atoms with Crippen molar-refractivity contribution in [2.24, 2.45) is 0 Å². The maximum absolute atomic E-state index is 12.0. The highest BCUT2D eigenvalue weighted by Gasteiger charge is 1.97. The molecule has 0 radical (unpaired) electrons. The van der Waals surface area contributed by atoms with Gasteiger partial charge in [0, 0.05) is 0 Å². The van der Waals surface area contributed by atoms with Crippen molar-refractivity contribution in [1.82, 2.24) is 0 Å². The Hall–Kier alpha value is -1.96. The van der Waals surface area contributed by atoms with E-state index in [9.17, 15) is 8.78 Å². The molecule has 2 aromatic rings. The van der Waals surface area contributed by atoms with Crippen molar-refractivity contribution in [2.75, 3.05) is 0 Å². The molecule has 2 heteroatoms. The topological polar surface area (TPSA) is 0 Å². The van der Waals surface area contributed by atoms with Crippen molar-refractivity contribution in [2.45, 2.75) is 6.43 Å². The molecule has 0 bridgehead atoms. The number of hydrogen-bond donors (Lipinski definition) is 0. The van der Waals surface area contributed by atoms with Crippen LogP contribution in [0, 0.1) is 0 Å². The van der Waals surface area contributed by atoms with Crippen LogP contribution in [0.1, 0.15) is 5.56 Å². The van der Waals surface area contributed by atoms with Gasteiger partial charge in [-0.3, -0.25) is 0 Å². The van der Waals surface area contributed by atoms with E-state index in [-0.39, 0.29) is 0 Å². The fraction of sp³-hybridized carbons (Fsp3) is 0.0667. The lowest BCUT2D eigenvalue weighted by atomic mass is 10.0. The van der Waals surface area contributed by atoms with Crippen molar-refractivity contribution < 1.29 is 8.78 Å². The second-order valence-corrected chi connectivity index (χ2v) is 3.68. The highest BCUT2D eigenvalue weighted by atomic mass is 19.3. The van der Waals surface area contributed by atoms with Crippen molar-refractivity contribution >= 4 is 6.08 Å². The zero-order valence-corrected chi connectivity index (χ0v) is 9.18. The van der Waals surface area contributed by atoms with Crippen molar-refractivity contribution in [3.05, 3.63) is 66.2 Å². The molecule has 17 heavy (non-hydrogen) atoms. The third-order valence-corrected chi connectivity index (χ3v) is 2.45. The Bertz CT molecular complexity index is 484. The van der Waals surface area contributed by atoms with E-state index in [0.717, 1.165) is 22.8 Å². The minimum atomic E-state index is -2.40. The Morgan fingerprint density at radius 3 is 1.94 bits per heavy atom. The molecule has 0 aliphatic carbocycles. The van der Waals surface area contributed by atoms with Crippen LogP contribution in [-0.2, 0) is 0 Å². The SMILES string of the molecule is FC(F)C=Cc1ccc(-c2ccccc2)cc1. The molecule has 0 heterocycles. The van der Waals surface area contributed by atoms with E-state index in [0.29, 0.717) is 0 Å². The average Bonchev–Trinajstić information content (AvgIpc) is 2.38. The molecular formula is C15H12F2. The molecule has 0 aromatic heterocycles. The van der Waals surface area contributed by atoms with E-state index >= 15 is 0 Å². The van der Waals surface area contributed by atoms with Gasteiger partial charge in [-0.1, -0.05) is 60.7 Å². The van der Waals surface area contributed by atoms with Gasteiger partial charge in [-0.15, -0.1) is 0 Å². The summed E-state index contributed by atoms with van der Waals surface area (Å²) in [5.74, 6) is 0. The number of halogens is 2. The molecule has 0 N–H and O–H groups in total. The van der Waals surface area contributed by atoms with Gasteiger partial charge in [0.1, 0.15) is 0 Å². The van der Waals surface area contributed by atoms with Crippen LogP contribution in [0.15, 0.2) is 60.7 Å². The minimum Gasteiger partial charge on any atom is -0.206 e. The van der Waals surface area contributed by atoms with Crippen LogP contribution in [0.4, 0.5) is 8.78 Å². The molecule has 0 spiro atoms. The third kappa shape index (κ3) is 3.25. The second-order valence-electron chi connectivity index (χ2n) is 3.68. The molecule has 0 amide bonds. The normalized spacial score (nSPS) is 11.2. The molecular weight excluding hydrogens is 218 g/mol. The van der Waals surface area contributed by atoms with Crippen molar-refractivity contribution in [3.8, 4) is 11.1 Å². The summed E-state index contributed by atoms with van der Waals surface area (Å²) >= 11 is 0. The number of hydrogen-bond acceptors (Lipinski definition) is 0. The first-order valence-electron chi connectivity index (χ1n) is 5.37. The predicted molar refractivity (Wildman–Crippen MR) is 66.9 cm³/mol. The summed E-state index contributed by atoms with van der Waals surface area (Å²) in [5.41, 5.74) is 2.99. The van der Waals surface area contributed by atoms with E-state index in [1.165, 1.54) is 6.08 Å². The lowest BCUT2D eigenvalue weighted by Crippen LogP contribution is -1.81. The number of rotatable bonds is 3. The first-order valence-corrected chi connectivity index (χ1v) is 5.37. The number of alkyl halides is 2. The highest BCUT2D eigenvalue weighted by Crippen LogP contribution is 2.19. The van der Waals surface area contributed by atoms with Crippen LogP contribution in [0.5, 0.6) is 0 Å². The van der Waals surface area contributed by atoms with E-state index in [1.807, 2.05) is 54.6 Å². The van der Waals surface area contributed by atoms with Crippen molar-refractivity contribution in [1.29, 1.82) is 0 Å². The van der Waals surface area contributed by atoms with Gasteiger partial charge in [-0.25, -0.2) is 8.78 Å². The maximum atomic E-state index is 12.0. The molecule has 0 aliphatic rings. The fourth-order valence-electron chi connectivity index (χ4n) is 1.60. The van der Waals surface area contributed by atoms with Gasteiger partial charge in [0.2, 0.25) is 0 Å². The van der Waals surface area contributed by atoms with Crippen LogP contribution in [0.3, 0.4) is 0 Å². The van der Waals surface area contributed by atoms with Crippen LogP contribution < -0.4 is 0 Å². The molecule has 0 unspecified atom stereocenters. The molecule has 0 atom stereocenters. The molecule has 0 fully saturated rings. The molecule has 0 nitrogen and oxygen atoms in total. The Morgan fingerprint density at radius 2 is 1.35 bits per heavy atom. The van der Waals surface area contributed by atoms with Gasteiger partial charge in [0.05, 0.1) is 0 Å². The summed E-state index contributed by atoms with van der Waals surface area (Å²) < 4.78 is 24.0. The van der Waals surface area contributed by atoms with Crippen LogP contribution >= 0.6 is 0 Å². The van der Waals surface area contributed by atoms with E-state index in [1.54, 1.807) is 0 Å². The van der Waals surface area contributed by atoms with Crippen LogP contribution in [0.2, 0.25) is 0 Å². The van der Waals surface area contributed by atoms with E-state index in [4.69, 9.17) is 0 Å². The lowest BCUT2D eigenvalue weighted by Gasteiger charge is -2.01. The highest BCUT2D eigenvalue weighted by molar-refractivity contribution is 5.65. The quantitative estimate of drug-likeness (QED) is 0.721. The number of allylic oxidation sites excluding steroid dienone is 1. The summed E-state index contributed by atoms with van der Waals surface area (Å²) in [7, 11) is 0. The summed E-state index contributed by atoms with van der Waals surface area (Å²) in [6.45, 7) is 0. The van der Waals surface area contributed by atoms with Gasteiger partial charge >= 0.3 is 0 Å². The summed E-state index contributed by atoms with van der Waals surface area (Å²) in [4.78, 5) is 0. The first-order chi connectivity index (χ1) is 8.25. The number of benzene rings is 2. The van der Waals surface area contributed by atoms with E-state index < -0.39 is 6.43 Å². The molecule has 86 valence electrons. The average molecular weight is 230 g/mol. The van der Waals surface area contributed by atoms with Gasteiger partial charge in [0.25, 0.3) is 6.43 Å². The lowest BCUT2D eigenvalue weighted by molar-refractivity contribution is 0.205. The van der Waals surface area contributed by atoms with E-state index in [2.05, 4.69) is 0 Å². The molecule has 2 rings (SSSR count). The van der Waals surface area contributed by atoms with Gasteiger partial charge in [0.15, 0.2) is 0 Å². The largest absolute Gasteiger partial charge is 0.257 e. The minimum absolute atomic E-state index is 0.782. The zero-order valence-electron chi connectivity index (χ0n) is 9.18. The molecule has 0 saturated heterocycles. The fourth-order valence-corrected chi connectivity index (χ4v) is 1.60. The van der Waals surface area contributed by atoms with Crippen molar-refractivity contribution in [3.63, 3.8) is 0 Å². The molecule has 2 aromatic carbocycles. The summed E-state index contributed by atoms with van der Waals surface area (Å²) in [6, 6.07) is 17.5. The summed E-state index contributed by atoms with van der Waals surface area (Å²) in [6.07, 6.45) is -0.0828. The maximum Gasteiger partial charge on any atom is 0.257 e. The monoisotopic (exact) mass is 230 g/mol. The van der Waals surface area contributed by atoms with Crippen LogP contribution in [0.25, 0.3) is 17.2 Å². The third-order valence-electron chi connectivity index (χ3n) is 2.45. The first kappa shape index (κ1) is 11.5. The Labute approximate surface area is 99.2 Å². The van der Waals surface area contributed by atoms with Gasteiger partial charge in [-0.2, -0.15) is 0 Å². The van der Waals surface area contributed by atoms with Gasteiger partial charge in [-0.05, 0) is 22.8 Å². The molecule has 0 saturated carbocycles.